The zero-order chi connectivity index (χ0) is 28.9. The molecule has 5 rings (SSSR count). The molecule has 228 valence electrons. The number of carbonyl (C=O) groups excluding carboxylic acids is 2. The Kier molecular flexibility index (Phi) is 10.1. The van der Waals surface area contributed by atoms with Crippen LogP contribution < -0.4 is 5.32 Å². The van der Waals surface area contributed by atoms with Gasteiger partial charge in [0, 0.05) is 45.2 Å². The highest BCUT2D eigenvalue weighted by Gasteiger charge is 2.53. The standard InChI is InChI=1S/C31H47N3O7/c1-20(2)16-34(31(37)33-11-9-22(10-12-33)18-38-3)17-26(35)25(13-21-7-5-4-6-8-21)32-30(36)41-28-24-14-23-15-27(28)40-29(23)39-19-24/h4-8,20,22-29,35H,9-19H2,1-3H3,(H,32,36)/t23?,24?,25-,26+,27?,28?,29?/m0/s1. The molecule has 0 radical (unpaired) electrons. The molecule has 41 heavy (non-hydrogen) atoms. The molecule has 1 aliphatic carbocycles. The van der Waals surface area contributed by atoms with E-state index in [2.05, 4.69) is 19.2 Å². The van der Waals surface area contributed by atoms with Gasteiger partial charge in [0.25, 0.3) is 0 Å². The van der Waals surface area contributed by atoms with Crippen molar-refractivity contribution in [1.29, 1.82) is 0 Å². The van der Waals surface area contributed by atoms with Crippen LogP contribution in [0.3, 0.4) is 0 Å². The number of ether oxygens (including phenoxy) is 4. The summed E-state index contributed by atoms with van der Waals surface area (Å²) in [5.74, 6) is 1.18. The Hall–Kier alpha value is -2.40. The predicted molar refractivity (Wildman–Crippen MR) is 152 cm³/mol. The van der Waals surface area contributed by atoms with Crippen molar-refractivity contribution in [2.75, 3.05) is 46.5 Å². The lowest BCUT2D eigenvalue weighted by molar-refractivity contribution is -0.153. The largest absolute Gasteiger partial charge is 0.443 e. The maximum atomic E-state index is 13.6. The molecule has 2 N–H and O–H groups in total. The van der Waals surface area contributed by atoms with Crippen molar-refractivity contribution >= 4 is 12.1 Å². The first-order chi connectivity index (χ1) is 19.8. The molecule has 3 bridgehead atoms. The second-order valence-corrected chi connectivity index (χ2v) is 12.7. The highest BCUT2D eigenvalue weighted by Crippen LogP contribution is 2.46. The Morgan fingerprint density at radius 1 is 1.12 bits per heavy atom. The fourth-order valence-corrected chi connectivity index (χ4v) is 6.93. The fraction of sp³-hybridized carbons (Fsp3) is 0.742. The van der Waals surface area contributed by atoms with Gasteiger partial charge in [0.15, 0.2) is 6.29 Å². The number of carbonyl (C=O) groups is 2. The SMILES string of the molecule is COCC1CCN(C(=O)N(CC(C)C)C[C@@H](O)[C@H](Cc2ccccc2)NC(=O)OC2C3COC4OC2CC4C3)CC1. The lowest BCUT2D eigenvalue weighted by atomic mass is 9.78. The Morgan fingerprint density at radius 3 is 2.59 bits per heavy atom. The van der Waals surface area contributed by atoms with Crippen molar-refractivity contribution in [2.24, 2.45) is 23.7 Å². The molecule has 10 nitrogen and oxygen atoms in total. The highest BCUT2D eigenvalue weighted by molar-refractivity contribution is 5.74. The van der Waals surface area contributed by atoms with E-state index in [0.717, 1.165) is 31.2 Å². The van der Waals surface area contributed by atoms with Gasteiger partial charge in [-0.3, -0.25) is 0 Å². The summed E-state index contributed by atoms with van der Waals surface area (Å²) in [6.45, 7) is 7.34. The first-order valence-corrected chi connectivity index (χ1v) is 15.3. The van der Waals surface area contributed by atoms with E-state index >= 15 is 0 Å². The summed E-state index contributed by atoms with van der Waals surface area (Å²) in [6, 6.07) is 9.03. The van der Waals surface area contributed by atoms with Crippen molar-refractivity contribution in [3.05, 3.63) is 35.9 Å². The van der Waals surface area contributed by atoms with E-state index < -0.39 is 18.2 Å². The molecule has 0 aromatic heterocycles. The van der Waals surface area contributed by atoms with Gasteiger partial charge in [-0.1, -0.05) is 44.2 Å². The van der Waals surface area contributed by atoms with Gasteiger partial charge in [0.1, 0.15) is 6.10 Å². The zero-order valence-corrected chi connectivity index (χ0v) is 24.7. The second kappa shape index (κ2) is 13.7. The molecular weight excluding hydrogens is 526 g/mol. The molecule has 4 aliphatic rings. The quantitative estimate of drug-likeness (QED) is 0.418. The maximum absolute atomic E-state index is 13.6. The molecular formula is C31H47N3O7. The van der Waals surface area contributed by atoms with Crippen LogP contribution in [-0.2, 0) is 25.4 Å². The topological polar surface area (TPSA) is 110 Å². The Bertz CT molecular complexity index is 995. The van der Waals surface area contributed by atoms with E-state index in [4.69, 9.17) is 18.9 Å². The fourth-order valence-electron chi connectivity index (χ4n) is 6.93. The first-order valence-electron chi connectivity index (χ1n) is 15.3. The van der Waals surface area contributed by atoms with E-state index in [9.17, 15) is 14.7 Å². The molecule has 3 heterocycles. The Morgan fingerprint density at radius 2 is 1.88 bits per heavy atom. The van der Waals surface area contributed by atoms with Gasteiger partial charge in [0.05, 0.1) is 31.4 Å². The van der Waals surface area contributed by atoms with Gasteiger partial charge in [-0.15, -0.1) is 0 Å². The van der Waals surface area contributed by atoms with Crippen molar-refractivity contribution in [1.82, 2.24) is 15.1 Å². The van der Waals surface area contributed by atoms with Crippen LogP contribution in [0.15, 0.2) is 30.3 Å². The van der Waals surface area contributed by atoms with E-state index in [1.165, 1.54) is 0 Å². The predicted octanol–water partition coefficient (Wildman–Crippen LogP) is 3.27. The smallest absolute Gasteiger partial charge is 0.407 e. The number of likely N-dealkylation sites (tertiary alicyclic amines) is 1. The summed E-state index contributed by atoms with van der Waals surface area (Å²) in [6.07, 6.45) is 1.72. The molecule has 7 atom stereocenters. The first kappa shape index (κ1) is 30.1. The van der Waals surface area contributed by atoms with Crippen molar-refractivity contribution in [3.8, 4) is 0 Å². The van der Waals surface area contributed by atoms with Gasteiger partial charge in [-0.05, 0) is 49.5 Å². The summed E-state index contributed by atoms with van der Waals surface area (Å²) < 4.78 is 23.1. The molecule has 5 unspecified atom stereocenters. The van der Waals surface area contributed by atoms with Crippen LogP contribution in [0.2, 0.25) is 0 Å². The second-order valence-electron chi connectivity index (χ2n) is 12.7. The van der Waals surface area contributed by atoms with Crippen molar-refractivity contribution in [3.63, 3.8) is 0 Å². The number of methoxy groups -OCH3 is 1. The molecule has 1 saturated carbocycles. The number of hydrogen-bond donors (Lipinski definition) is 2. The van der Waals surface area contributed by atoms with Crippen LogP contribution in [0.4, 0.5) is 9.59 Å². The molecule has 3 aliphatic heterocycles. The van der Waals surface area contributed by atoms with E-state index in [-0.39, 0.29) is 42.9 Å². The van der Waals surface area contributed by atoms with Crippen LogP contribution >= 0.6 is 0 Å². The van der Waals surface area contributed by atoms with E-state index in [0.29, 0.717) is 51.1 Å². The van der Waals surface area contributed by atoms with Gasteiger partial charge in [-0.2, -0.15) is 0 Å². The van der Waals surface area contributed by atoms with Gasteiger partial charge >= 0.3 is 12.1 Å². The number of aliphatic hydroxyl groups is 1. The normalized spacial score (nSPS) is 28.9. The van der Waals surface area contributed by atoms with Crippen LogP contribution in [0.25, 0.3) is 0 Å². The van der Waals surface area contributed by atoms with Crippen LogP contribution in [0.5, 0.6) is 0 Å². The third-order valence-electron chi connectivity index (χ3n) is 9.00. The molecule has 0 spiro atoms. The number of nitrogens with zero attached hydrogens (tertiary/aromatic N) is 2. The number of benzene rings is 1. The number of alkyl carbamates (subject to hydrolysis) is 1. The minimum absolute atomic E-state index is 0.0689. The van der Waals surface area contributed by atoms with Crippen LogP contribution in [-0.4, -0.2) is 104 Å². The Labute approximate surface area is 243 Å². The van der Waals surface area contributed by atoms with Crippen molar-refractivity contribution in [2.45, 2.75) is 76.6 Å². The maximum Gasteiger partial charge on any atom is 0.407 e. The minimum Gasteiger partial charge on any atom is -0.443 e. The lowest BCUT2D eigenvalue weighted by Gasteiger charge is -2.38. The summed E-state index contributed by atoms with van der Waals surface area (Å²) in [5.41, 5.74) is 0.977. The van der Waals surface area contributed by atoms with E-state index in [1.54, 1.807) is 12.0 Å². The van der Waals surface area contributed by atoms with Gasteiger partial charge in [-0.25, -0.2) is 9.59 Å². The molecule has 4 fully saturated rings. The monoisotopic (exact) mass is 573 g/mol. The number of rotatable bonds is 11. The minimum atomic E-state index is -0.992. The number of urea groups is 1. The summed E-state index contributed by atoms with van der Waals surface area (Å²) in [5, 5.41) is 14.5. The Balaban J connectivity index is 1.24. The molecule has 10 heteroatoms. The summed E-state index contributed by atoms with van der Waals surface area (Å²) in [7, 11) is 1.71. The number of nitrogens with one attached hydrogen (secondary N) is 1. The third kappa shape index (κ3) is 7.52. The molecule has 3 amide bonds. The number of piperidine rings is 1. The number of aliphatic hydroxyl groups excluding tert-OH is 1. The number of hydrogen-bond acceptors (Lipinski definition) is 7. The average molecular weight is 574 g/mol. The van der Waals surface area contributed by atoms with Gasteiger partial charge in [0.2, 0.25) is 0 Å². The van der Waals surface area contributed by atoms with Gasteiger partial charge < -0.3 is 39.2 Å². The number of amides is 3. The lowest BCUT2D eigenvalue weighted by Crippen LogP contribution is -2.55. The number of fused-ring (bicyclic) bond motifs is 2. The molecule has 1 aromatic rings. The highest BCUT2D eigenvalue weighted by atomic mass is 16.7. The van der Waals surface area contributed by atoms with Crippen LogP contribution in [0, 0.1) is 23.7 Å². The molecule has 3 saturated heterocycles. The average Bonchev–Trinajstić information content (AvgIpc) is 3.26. The zero-order valence-electron chi connectivity index (χ0n) is 24.7. The summed E-state index contributed by atoms with van der Waals surface area (Å²) >= 11 is 0. The summed E-state index contributed by atoms with van der Waals surface area (Å²) in [4.78, 5) is 30.5. The van der Waals surface area contributed by atoms with Crippen molar-refractivity contribution < 1.29 is 33.6 Å². The molecule has 1 aromatic carbocycles. The van der Waals surface area contributed by atoms with E-state index in [1.807, 2.05) is 35.2 Å². The third-order valence-corrected chi connectivity index (χ3v) is 9.00. The van der Waals surface area contributed by atoms with Crippen LogP contribution in [0.1, 0.15) is 45.1 Å².